The molecule has 122 valence electrons. The number of hydrogen-bond acceptors (Lipinski definition) is 5. The van der Waals surface area contributed by atoms with Crippen LogP contribution in [-0.2, 0) is 11.2 Å². The highest BCUT2D eigenvalue weighted by atomic mass is 16.5. The SMILES string of the molecule is COc1cc(CC(=O)N2CCCC2CN)cc(OC)c1OC. The maximum Gasteiger partial charge on any atom is 0.227 e. The van der Waals surface area contributed by atoms with Gasteiger partial charge in [-0.1, -0.05) is 0 Å². The fraction of sp³-hybridized carbons (Fsp3) is 0.562. The van der Waals surface area contributed by atoms with Crippen LogP contribution in [0.2, 0.25) is 0 Å². The lowest BCUT2D eigenvalue weighted by molar-refractivity contribution is -0.131. The van der Waals surface area contributed by atoms with Crippen LogP contribution in [0.3, 0.4) is 0 Å². The second-order valence-electron chi connectivity index (χ2n) is 5.33. The zero-order valence-corrected chi connectivity index (χ0v) is 13.4. The van der Waals surface area contributed by atoms with Crippen LogP contribution in [0.1, 0.15) is 18.4 Å². The number of likely N-dealkylation sites (tertiary alicyclic amines) is 1. The van der Waals surface area contributed by atoms with Crippen molar-refractivity contribution >= 4 is 5.91 Å². The minimum atomic E-state index is 0.0854. The number of benzene rings is 1. The number of nitrogens with zero attached hydrogens (tertiary/aromatic N) is 1. The Morgan fingerprint density at radius 1 is 1.23 bits per heavy atom. The molecule has 22 heavy (non-hydrogen) atoms. The number of amides is 1. The predicted octanol–water partition coefficient (Wildman–Crippen LogP) is 1.20. The number of ether oxygens (including phenoxy) is 3. The average Bonchev–Trinajstić information content (AvgIpc) is 3.02. The topological polar surface area (TPSA) is 74.0 Å². The number of nitrogens with two attached hydrogens (primary N) is 1. The second kappa shape index (κ2) is 7.35. The van der Waals surface area contributed by atoms with E-state index in [0.717, 1.165) is 24.9 Å². The Bertz CT molecular complexity index is 508. The van der Waals surface area contributed by atoms with Crippen LogP contribution in [-0.4, -0.2) is 51.3 Å². The Kier molecular flexibility index (Phi) is 5.49. The monoisotopic (exact) mass is 308 g/mol. The van der Waals surface area contributed by atoms with Crippen molar-refractivity contribution < 1.29 is 19.0 Å². The quantitative estimate of drug-likeness (QED) is 0.855. The van der Waals surface area contributed by atoms with Gasteiger partial charge in [0.15, 0.2) is 11.5 Å². The first-order valence-electron chi connectivity index (χ1n) is 7.43. The number of carbonyl (C=O) groups excluding carboxylic acids is 1. The molecule has 2 N–H and O–H groups in total. The minimum absolute atomic E-state index is 0.0854. The van der Waals surface area contributed by atoms with Crippen molar-refractivity contribution in [2.75, 3.05) is 34.4 Å². The van der Waals surface area contributed by atoms with E-state index in [2.05, 4.69) is 0 Å². The molecular weight excluding hydrogens is 284 g/mol. The summed E-state index contributed by atoms with van der Waals surface area (Å²) in [6.45, 7) is 1.30. The van der Waals surface area contributed by atoms with Crippen LogP contribution < -0.4 is 19.9 Å². The summed E-state index contributed by atoms with van der Waals surface area (Å²) in [5.74, 6) is 1.73. The highest BCUT2D eigenvalue weighted by Crippen LogP contribution is 2.38. The lowest BCUT2D eigenvalue weighted by Gasteiger charge is -2.24. The summed E-state index contributed by atoms with van der Waals surface area (Å²) < 4.78 is 15.9. The Hall–Kier alpha value is -1.95. The van der Waals surface area contributed by atoms with Crippen LogP contribution in [0.4, 0.5) is 0 Å². The van der Waals surface area contributed by atoms with Gasteiger partial charge in [0.05, 0.1) is 27.8 Å². The fourth-order valence-corrected chi connectivity index (χ4v) is 2.92. The van der Waals surface area contributed by atoms with Gasteiger partial charge < -0.3 is 24.8 Å². The second-order valence-corrected chi connectivity index (χ2v) is 5.33. The zero-order valence-electron chi connectivity index (χ0n) is 13.4. The van der Waals surface area contributed by atoms with Crippen molar-refractivity contribution in [1.29, 1.82) is 0 Å². The molecule has 1 fully saturated rings. The molecule has 1 aliphatic heterocycles. The molecule has 1 aliphatic rings. The largest absolute Gasteiger partial charge is 0.493 e. The van der Waals surface area contributed by atoms with Gasteiger partial charge in [-0.25, -0.2) is 0 Å². The van der Waals surface area contributed by atoms with Gasteiger partial charge >= 0.3 is 0 Å². The summed E-state index contributed by atoms with van der Waals surface area (Å²) in [6, 6.07) is 3.79. The van der Waals surface area contributed by atoms with Crippen molar-refractivity contribution in [3.8, 4) is 17.2 Å². The molecule has 1 atom stereocenters. The molecule has 6 heteroatoms. The van der Waals surface area contributed by atoms with E-state index in [9.17, 15) is 4.79 Å². The van der Waals surface area contributed by atoms with Crippen molar-refractivity contribution in [2.45, 2.75) is 25.3 Å². The standard InChI is InChI=1S/C16H24N2O4/c1-20-13-7-11(8-14(21-2)16(13)22-3)9-15(19)18-6-4-5-12(18)10-17/h7-8,12H,4-6,9-10,17H2,1-3H3. The van der Waals surface area contributed by atoms with E-state index in [-0.39, 0.29) is 11.9 Å². The fourth-order valence-electron chi connectivity index (χ4n) is 2.92. The van der Waals surface area contributed by atoms with Gasteiger partial charge in [0.2, 0.25) is 11.7 Å². The van der Waals surface area contributed by atoms with Gasteiger partial charge in [0.1, 0.15) is 0 Å². The molecule has 0 saturated carbocycles. The maximum absolute atomic E-state index is 12.5. The summed E-state index contributed by atoms with van der Waals surface area (Å²) in [5.41, 5.74) is 6.57. The van der Waals surface area contributed by atoms with Crippen molar-refractivity contribution in [3.05, 3.63) is 17.7 Å². The molecule has 1 aromatic rings. The molecule has 1 unspecified atom stereocenters. The number of hydrogen-bond donors (Lipinski definition) is 1. The molecule has 0 aromatic heterocycles. The Morgan fingerprint density at radius 2 is 1.86 bits per heavy atom. The van der Waals surface area contributed by atoms with Gasteiger partial charge in [0, 0.05) is 19.1 Å². The molecule has 0 aliphatic carbocycles. The first-order chi connectivity index (χ1) is 10.6. The third-order valence-corrected chi connectivity index (χ3v) is 4.05. The molecule has 0 radical (unpaired) electrons. The Balaban J connectivity index is 2.20. The first kappa shape index (κ1) is 16.4. The van der Waals surface area contributed by atoms with E-state index >= 15 is 0 Å². The zero-order chi connectivity index (χ0) is 16.1. The van der Waals surface area contributed by atoms with Crippen molar-refractivity contribution in [1.82, 2.24) is 4.90 Å². The Labute approximate surface area is 131 Å². The first-order valence-corrected chi connectivity index (χ1v) is 7.43. The number of rotatable bonds is 6. The normalized spacial score (nSPS) is 17.5. The van der Waals surface area contributed by atoms with E-state index in [4.69, 9.17) is 19.9 Å². The minimum Gasteiger partial charge on any atom is -0.493 e. The highest BCUT2D eigenvalue weighted by molar-refractivity contribution is 5.80. The van der Waals surface area contributed by atoms with Crippen LogP contribution in [0.15, 0.2) is 12.1 Å². The van der Waals surface area contributed by atoms with Gasteiger partial charge in [-0.3, -0.25) is 4.79 Å². The van der Waals surface area contributed by atoms with E-state index < -0.39 is 0 Å². The third kappa shape index (κ3) is 3.27. The summed E-state index contributed by atoms with van der Waals surface area (Å²) in [5, 5.41) is 0. The molecule has 6 nitrogen and oxygen atoms in total. The molecule has 0 spiro atoms. The maximum atomic E-state index is 12.5. The van der Waals surface area contributed by atoms with Gasteiger partial charge in [-0.15, -0.1) is 0 Å². The van der Waals surface area contributed by atoms with Crippen LogP contribution in [0, 0.1) is 0 Å². The number of methoxy groups -OCH3 is 3. The summed E-state index contributed by atoms with van der Waals surface area (Å²) in [4.78, 5) is 14.4. The molecule has 2 rings (SSSR count). The molecule has 1 saturated heterocycles. The summed E-state index contributed by atoms with van der Waals surface area (Å²) in [6.07, 6.45) is 2.30. The average molecular weight is 308 g/mol. The third-order valence-electron chi connectivity index (χ3n) is 4.05. The molecular formula is C16H24N2O4. The predicted molar refractivity (Wildman–Crippen MR) is 83.6 cm³/mol. The van der Waals surface area contributed by atoms with Crippen LogP contribution in [0.5, 0.6) is 17.2 Å². The highest BCUT2D eigenvalue weighted by Gasteiger charge is 2.27. The van der Waals surface area contributed by atoms with E-state index in [0.29, 0.717) is 30.2 Å². The molecule has 0 bridgehead atoms. The summed E-state index contributed by atoms with van der Waals surface area (Å²) in [7, 11) is 4.68. The van der Waals surface area contributed by atoms with Crippen LogP contribution >= 0.6 is 0 Å². The lowest BCUT2D eigenvalue weighted by Crippen LogP contribution is -2.40. The Morgan fingerprint density at radius 3 is 2.36 bits per heavy atom. The van der Waals surface area contributed by atoms with Crippen molar-refractivity contribution in [2.24, 2.45) is 5.73 Å². The van der Waals surface area contributed by atoms with E-state index in [1.165, 1.54) is 0 Å². The van der Waals surface area contributed by atoms with Gasteiger partial charge in [0.25, 0.3) is 0 Å². The molecule has 1 aromatic carbocycles. The molecule has 1 heterocycles. The van der Waals surface area contributed by atoms with E-state index in [1.807, 2.05) is 17.0 Å². The lowest BCUT2D eigenvalue weighted by atomic mass is 10.1. The number of carbonyl (C=O) groups is 1. The van der Waals surface area contributed by atoms with Crippen molar-refractivity contribution in [3.63, 3.8) is 0 Å². The van der Waals surface area contributed by atoms with Crippen LogP contribution in [0.25, 0.3) is 0 Å². The smallest absolute Gasteiger partial charge is 0.227 e. The van der Waals surface area contributed by atoms with E-state index in [1.54, 1.807) is 21.3 Å². The van der Waals surface area contributed by atoms with Gasteiger partial charge in [-0.2, -0.15) is 0 Å². The molecule has 1 amide bonds. The summed E-state index contributed by atoms with van der Waals surface area (Å²) >= 11 is 0. The van der Waals surface area contributed by atoms with Gasteiger partial charge in [-0.05, 0) is 30.5 Å².